The smallest absolute Gasteiger partial charge is 0.229 e. The number of nitrogens with one attached hydrogen (secondary N) is 3. The summed E-state index contributed by atoms with van der Waals surface area (Å²) in [6.07, 6.45) is 3.73. The van der Waals surface area contributed by atoms with Crippen molar-refractivity contribution in [3.05, 3.63) is 41.2 Å². The SMILES string of the molecule is CNc1cc(Nc2cc(C)[nH]n2)nc(N2CCC[C@H]2c2cc(-c3nccs3)no2)n1. The van der Waals surface area contributed by atoms with Gasteiger partial charge in [-0.3, -0.25) is 5.10 Å². The number of nitrogens with zero attached hydrogens (tertiary/aromatic N) is 6. The van der Waals surface area contributed by atoms with E-state index in [1.165, 1.54) is 0 Å². The molecule has 0 aromatic carbocycles. The first kappa shape index (κ1) is 18.6. The lowest BCUT2D eigenvalue weighted by molar-refractivity contribution is 0.362. The van der Waals surface area contributed by atoms with Gasteiger partial charge < -0.3 is 20.1 Å². The van der Waals surface area contributed by atoms with E-state index in [1.54, 1.807) is 17.5 Å². The zero-order valence-corrected chi connectivity index (χ0v) is 17.4. The van der Waals surface area contributed by atoms with Crippen LogP contribution in [0.15, 0.2) is 34.3 Å². The van der Waals surface area contributed by atoms with Gasteiger partial charge in [-0.25, -0.2) is 4.98 Å². The molecule has 3 N–H and O–H groups in total. The van der Waals surface area contributed by atoms with Crippen LogP contribution in [0.4, 0.5) is 23.4 Å². The Morgan fingerprint density at radius 2 is 2.10 bits per heavy atom. The number of hydrogen-bond donors (Lipinski definition) is 3. The topological polar surface area (TPSA) is 121 Å². The predicted octanol–water partition coefficient (Wildman–Crippen LogP) is 3.75. The molecule has 0 unspecified atom stereocenters. The van der Waals surface area contributed by atoms with Crippen molar-refractivity contribution in [3.8, 4) is 10.7 Å². The van der Waals surface area contributed by atoms with Gasteiger partial charge in [-0.05, 0) is 19.8 Å². The van der Waals surface area contributed by atoms with Gasteiger partial charge in [-0.1, -0.05) is 5.16 Å². The molecule has 5 rings (SSSR count). The fourth-order valence-corrected chi connectivity index (χ4v) is 4.16. The van der Waals surface area contributed by atoms with Gasteiger partial charge in [0, 0.05) is 49.1 Å². The minimum absolute atomic E-state index is 0.0267. The highest BCUT2D eigenvalue weighted by Gasteiger charge is 2.32. The first-order chi connectivity index (χ1) is 14.7. The molecule has 5 heterocycles. The summed E-state index contributed by atoms with van der Waals surface area (Å²) in [4.78, 5) is 15.9. The molecule has 30 heavy (non-hydrogen) atoms. The third-order valence-corrected chi connectivity index (χ3v) is 5.75. The Morgan fingerprint density at radius 3 is 2.87 bits per heavy atom. The van der Waals surface area contributed by atoms with Gasteiger partial charge in [-0.15, -0.1) is 11.3 Å². The van der Waals surface area contributed by atoms with E-state index in [4.69, 9.17) is 9.51 Å². The van der Waals surface area contributed by atoms with E-state index in [2.05, 4.69) is 40.9 Å². The summed E-state index contributed by atoms with van der Waals surface area (Å²) >= 11 is 1.54. The van der Waals surface area contributed by atoms with Crippen molar-refractivity contribution in [2.24, 2.45) is 0 Å². The van der Waals surface area contributed by atoms with Crippen LogP contribution in [0.25, 0.3) is 10.7 Å². The molecule has 10 nitrogen and oxygen atoms in total. The number of anilines is 4. The Hall–Kier alpha value is -3.47. The molecule has 4 aromatic rings. The summed E-state index contributed by atoms with van der Waals surface area (Å²) in [5.74, 6) is 3.53. The number of H-pyrrole nitrogens is 1. The second kappa shape index (κ2) is 7.75. The second-order valence-corrected chi connectivity index (χ2v) is 7.95. The Labute approximate surface area is 176 Å². The second-order valence-electron chi connectivity index (χ2n) is 7.05. The number of aromatic nitrogens is 6. The van der Waals surface area contributed by atoms with Gasteiger partial charge in [0.2, 0.25) is 5.95 Å². The molecule has 0 spiro atoms. The Morgan fingerprint density at radius 1 is 1.20 bits per heavy atom. The summed E-state index contributed by atoms with van der Waals surface area (Å²) in [5.41, 5.74) is 1.73. The van der Waals surface area contributed by atoms with Crippen LogP contribution in [0, 0.1) is 6.92 Å². The summed E-state index contributed by atoms with van der Waals surface area (Å²) in [6, 6.07) is 5.77. The molecular weight excluding hydrogens is 402 g/mol. The van der Waals surface area contributed by atoms with Gasteiger partial charge in [0.1, 0.15) is 22.3 Å². The monoisotopic (exact) mass is 423 g/mol. The molecule has 0 radical (unpaired) electrons. The third kappa shape index (κ3) is 3.59. The number of rotatable bonds is 6. The fraction of sp³-hybridized carbons (Fsp3) is 0.316. The largest absolute Gasteiger partial charge is 0.373 e. The van der Waals surface area contributed by atoms with Crippen molar-refractivity contribution < 1.29 is 4.52 Å². The standard InChI is InChI=1S/C19H21N9OS/c1-11-8-17(26-25-11)22-16-10-15(20-2)23-19(24-16)28-6-3-4-13(28)14-9-12(27-29-14)18-21-5-7-30-18/h5,7-10,13H,3-4,6H2,1-2H3,(H3,20,22,23,24,25,26)/t13-/m0/s1. The molecule has 1 atom stereocenters. The molecule has 154 valence electrons. The third-order valence-electron chi connectivity index (χ3n) is 4.95. The quantitative estimate of drug-likeness (QED) is 0.426. The molecule has 0 saturated carbocycles. The van der Waals surface area contributed by atoms with Crippen LogP contribution in [0.5, 0.6) is 0 Å². The first-order valence-electron chi connectivity index (χ1n) is 9.68. The lowest BCUT2D eigenvalue weighted by Gasteiger charge is -2.23. The van der Waals surface area contributed by atoms with Gasteiger partial charge >= 0.3 is 0 Å². The zero-order valence-electron chi connectivity index (χ0n) is 16.6. The summed E-state index contributed by atoms with van der Waals surface area (Å²) in [5, 5.41) is 20.5. The highest BCUT2D eigenvalue weighted by Crippen LogP contribution is 2.37. The fourth-order valence-electron chi connectivity index (χ4n) is 3.57. The van der Waals surface area contributed by atoms with Crippen molar-refractivity contribution in [3.63, 3.8) is 0 Å². The number of hydrogen-bond acceptors (Lipinski definition) is 10. The summed E-state index contributed by atoms with van der Waals surface area (Å²) < 4.78 is 5.68. The molecular formula is C19H21N9OS. The average molecular weight is 424 g/mol. The van der Waals surface area contributed by atoms with E-state index in [-0.39, 0.29) is 6.04 Å². The van der Waals surface area contributed by atoms with Crippen molar-refractivity contribution in [2.45, 2.75) is 25.8 Å². The molecule has 1 saturated heterocycles. The number of aromatic amines is 1. The lowest BCUT2D eigenvalue weighted by atomic mass is 10.1. The van der Waals surface area contributed by atoms with Gasteiger partial charge in [0.05, 0.1) is 6.04 Å². The zero-order chi connectivity index (χ0) is 20.5. The van der Waals surface area contributed by atoms with E-state index in [0.717, 1.165) is 47.4 Å². The van der Waals surface area contributed by atoms with Crippen LogP contribution in [-0.4, -0.2) is 43.9 Å². The number of thiazole rings is 1. The Kier molecular flexibility index (Phi) is 4.79. The van der Waals surface area contributed by atoms with Gasteiger partial charge in [0.15, 0.2) is 11.6 Å². The predicted molar refractivity (Wildman–Crippen MR) is 115 cm³/mol. The maximum Gasteiger partial charge on any atom is 0.229 e. The molecule has 11 heteroatoms. The van der Waals surface area contributed by atoms with Gasteiger partial charge in [0.25, 0.3) is 0 Å². The van der Waals surface area contributed by atoms with Crippen molar-refractivity contribution in [1.82, 2.24) is 30.3 Å². The van der Waals surface area contributed by atoms with E-state index < -0.39 is 0 Å². The van der Waals surface area contributed by atoms with E-state index in [1.807, 2.05) is 37.6 Å². The van der Waals surface area contributed by atoms with Crippen LogP contribution in [0.3, 0.4) is 0 Å². The maximum atomic E-state index is 5.68. The minimum atomic E-state index is 0.0267. The molecule has 0 bridgehead atoms. The lowest BCUT2D eigenvalue weighted by Crippen LogP contribution is -2.25. The van der Waals surface area contributed by atoms with Crippen LogP contribution in [0.1, 0.15) is 30.3 Å². The van der Waals surface area contributed by atoms with Crippen molar-refractivity contribution >= 4 is 34.7 Å². The maximum absolute atomic E-state index is 5.68. The summed E-state index contributed by atoms with van der Waals surface area (Å²) in [6.45, 7) is 2.79. The van der Waals surface area contributed by atoms with Crippen LogP contribution < -0.4 is 15.5 Å². The highest BCUT2D eigenvalue weighted by atomic mass is 32.1. The van der Waals surface area contributed by atoms with Crippen LogP contribution >= 0.6 is 11.3 Å². The molecule has 4 aromatic heterocycles. The average Bonchev–Trinajstić information content (AvgIpc) is 3.53. The van der Waals surface area contributed by atoms with Crippen LogP contribution in [0.2, 0.25) is 0 Å². The Bertz CT molecular complexity index is 1140. The molecule has 1 fully saturated rings. The highest BCUT2D eigenvalue weighted by molar-refractivity contribution is 7.13. The van der Waals surface area contributed by atoms with E-state index >= 15 is 0 Å². The van der Waals surface area contributed by atoms with E-state index in [0.29, 0.717) is 17.6 Å². The summed E-state index contributed by atoms with van der Waals surface area (Å²) in [7, 11) is 1.84. The van der Waals surface area contributed by atoms with E-state index in [9.17, 15) is 0 Å². The molecule has 1 aliphatic rings. The minimum Gasteiger partial charge on any atom is -0.373 e. The first-order valence-corrected chi connectivity index (χ1v) is 10.6. The van der Waals surface area contributed by atoms with Gasteiger partial charge in [-0.2, -0.15) is 15.1 Å². The van der Waals surface area contributed by atoms with Crippen molar-refractivity contribution in [1.29, 1.82) is 0 Å². The van der Waals surface area contributed by atoms with Crippen molar-refractivity contribution in [2.75, 3.05) is 29.1 Å². The van der Waals surface area contributed by atoms with Crippen LogP contribution in [-0.2, 0) is 0 Å². The molecule has 1 aliphatic heterocycles. The Balaban J connectivity index is 1.44. The molecule has 0 amide bonds. The number of aryl methyl sites for hydroxylation is 1. The molecule has 0 aliphatic carbocycles. The normalized spacial score (nSPS) is 16.2.